The molecule has 0 aliphatic carbocycles. The number of hydrogen-bond donors (Lipinski definition) is 1. The average Bonchev–Trinajstić information content (AvgIpc) is 2.97. The Morgan fingerprint density at radius 3 is 2.52 bits per heavy atom. The zero-order valence-electron chi connectivity index (χ0n) is 12.5. The van der Waals surface area contributed by atoms with Crippen LogP contribution in [-0.4, -0.2) is 27.2 Å². The Bertz CT molecular complexity index is 767. The van der Waals surface area contributed by atoms with Gasteiger partial charge in [0.15, 0.2) is 0 Å². The molecule has 0 saturated carbocycles. The van der Waals surface area contributed by atoms with Crippen molar-refractivity contribution in [3.05, 3.63) is 47.8 Å². The number of alkyl halides is 5. The van der Waals surface area contributed by atoms with Gasteiger partial charge in [-0.3, -0.25) is 4.68 Å². The lowest BCUT2D eigenvalue weighted by Crippen LogP contribution is -2.30. The van der Waals surface area contributed by atoms with Gasteiger partial charge < -0.3 is 9.84 Å². The molecule has 2 rings (SSSR count). The van der Waals surface area contributed by atoms with Gasteiger partial charge in [0.05, 0.1) is 11.3 Å². The fourth-order valence-corrected chi connectivity index (χ4v) is 2.04. The SMILES string of the molecule is N#CC(O)C(F)(F)c1ccccc1OCc1ccnn1CC(F)(F)F. The van der Waals surface area contributed by atoms with E-state index in [1.165, 1.54) is 18.2 Å². The van der Waals surface area contributed by atoms with Crippen molar-refractivity contribution < 1.29 is 31.8 Å². The van der Waals surface area contributed by atoms with E-state index in [9.17, 15) is 27.1 Å². The molecular weight excluding hydrogens is 349 g/mol. The molecule has 0 aliphatic rings. The Hall–Kier alpha value is -2.67. The molecule has 0 aliphatic heterocycles. The first-order chi connectivity index (χ1) is 11.6. The molecule has 0 amide bonds. The Labute approximate surface area is 138 Å². The first-order valence-electron chi connectivity index (χ1n) is 6.90. The van der Waals surface area contributed by atoms with Crippen LogP contribution in [-0.2, 0) is 19.1 Å². The van der Waals surface area contributed by atoms with Gasteiger partial charge in [-0.1, -0.05) is 12.1 Å². The Balaban J connectivity index is 2.21. The van der Waals surface area contributed by atoms with E-state index in [4.69, 9.17) is 10.00 Å². The molecule has 1 atom stereocenters. The maximum atomic E-state index is 14.1. The third-order valence-corrected chi connectivity index (χ3v) is 3.22. The molecule has 0 radical (unpaired) electrons. The van der Waals surface area contributed by atoms with Crippen molar-refractivity contribution in [2.45, 2.75) is 31.4 Å². The third-order valence-electron chi connectivity index (χ3n) is 3.22. The standard InChI is InChI=1S/C15H12F5N3O2/c16-14(17,18)9-23-10(5-6-22-23)8-25-12-4-2-1-3-11(12)15(19,20)13(24)7-21/h1-6,13,24H,8-9H2. The molecular formula is C15H12F5N3O2. The molecule has 134 valence electrons. The first kappa shape index (κ1) is 18.7. The summed E-state index contributed by atoms with van der Waals surface area (Å²) in [7, 11) is 0. The summed E-state index contributed by atoms with van der Waals surface area (Å²) >= 11 is 0. The third kappa shape index (κ3) is 4.45. The van der Waals surface area contributed by atoms with E-state index < -0.39 is 36.9 Å². The van der Waals surface area contributed by atoms with Crippen LogP contribution in [0.2, 0.25) is 0 Å². The number of para-hydroxylation sites is 1. The van der Waals surface area contributed by atoms with E-state index in [0.29, 0.717) is 4.68 Å². The second kappa shape index (κ2) is 7.06. The topological polar surface area (TPSA) is 71.1 Å². The lowest BCUT2D eigenvalue weighted by atomic mass is 10.0. The van der Waals surface area contributed by atoms with E-state index in [2.05, 4.69) is 5.10 Å². The quantitative estimate of drug-likeness (QED) is 0.634. The number of aliphatic hydroxyl groups is 1. The van der Waals surface area contributed by atoms with Gasteiger partial charge in [0, 0.05) is 6.20 Å². The van der Waals surface area contributed by atoms with E-state index in [1.54, 1.807) is 0 Å². The number of hydrogen-bond acceptors (Lipinski definition) is 4. The van der Waals surface area contributed by atoms with Crippen LogP contribution in [0, 0.1) is 11.3 Å². The number of halogens is 5. The van der Waals surface area contributed by atoms with Crippen molar-refractivity contribution in [2.75, 3.05) is 0 Å². The molecule has 1 N–H and O–H groups in total. The molecule has 25 heavy (non-hydrogen) atoms. The fourth-order valence-electron chi connectivity index (χ4n) is 2.04. The van der Waals surface area contributed by atoms with Gasteiger partial charge in [-0.2, -0.15) is 32.3 Å². The summed E-state index contributed by atoms with van der Waals surface area (Å²) in [5.74, 6) is -4.26. The fraction of sp³-hybridized carbons (Fsp3) is 0.333. The van der Waals surface area contributed by atoms with Gasteiger partial charge in [0.1, 0.15) is 25.0 Å². The lowest BCUT2D eigenvalue weighted by molar-refractivity contribution is -0.143. The number of aromatic nitrogens is 2. The monoisotopic (exact) mass is 361 g/mol. The summed E-state index contributed by atoms with van der Waals surface area (Å²) in [6.45, 7) is -1.80. The first-order valence-corrected chi connectivity index (χ1v) is 6.90. The molecule has 0 bridgehead atoms. The summed E-state index contributed by atoms with van der Waals surface area (Å²) in [6, 6.07) is 7.07. The molecule has 0 spiro atoms. The molecule has 1 aromatic heterocycles. The van der Waals surface area contributed by atoms with Gasteiger partial charge in [0.25, 0.3) is 0 Å². The van der Waals surface area contributed by atoms with Crippen molar-refractivity contribution in [1.82, 2.24) is 9.78 Å². The summed E-state index contributed by atoms with van der Waals surface area (Å²) in [6.07, 6.45) is -5.96. The number of benzene rings is 1. The summed E-state index contributed by atoms with van der Waals surface area (Å²) in [4.78, 5) is 0. The lowest BCUT2D eigenvalue weighted by Gasteiger charge is -2.21. The van der Waals surface area contributed by atoms with Gasteiger partial charge in [-0.15, -0.1) is 0 Å². The van der Waals surface area contributed by atoms with Crippen LogP contribution < -0.4 is 4.74 Å². The Morgan fingerprint density at radius 1 is 1.20 bits per heavy atom. The normalized spacial score (nSPS) is 13.3. The molecule has 1 heterocycles. The Morgan fingerprint density at radius 2 is 1.88 bits per heavy atom. The van der Waals surface area contributed by atoms with Gasteiger partial charge in [0.2, 0.25) is 6.10 Å². The van der Waals surface area contributed by atoms with Crippen molar-refractivity contribution in [2.24, 2.45) is 0 Å². The Kier molecular flexibility index (Phi) is 5.27. The van der Waals surface area contributed by atoms with Crippen LogP contribution in [0.3, 0.4) is 0 Å². The number of aliphatic hydroxyl groups excluding tert-OH is 1. The molecule has 1 aromatic carbocycles. The van der Waals surface area contributed by atoms with Gasteiger partial charge in [-0.25, -0.2) is 0 Å². The average molecular weight is 361 g/mol. The molecule has 10 heteroatoms. The smallest absolute Gasteiger partial charge is 0.408 e. The van der Waals surface area contributed by atoms with Gasteiger partial charge >= 0.3 is 12.1 Å². The summed E-state index contributed by atoms with van der Waals surface area (Å²) in [5.41, 5.74) is -0.720. The van der Waals surface area contributed by atoms with Crippen LogP contribution in [0.1, 0.15) is 11.3 Å². The molecule has 0 saturated heterocycles. The predicted molar refractivity (Wildman–Crippen MR) is 74.6 cm³/mol. The van der Waals surface area contributed by atoms with Crippen molar-refractivity contribution in [1.29, 1.82) is 5.26 Å². The van der Waals surface area contributed by atoms with E-state index in [0.717, 1.165) is 24.4 Å². The highest BCUT2D eigenvalue weighted by molar-refractivity contribution is 5.38. The molecule has 1 unspecified atom stereocenters. The van der Waals surface area contributed by atoms with Crippen molar-refractivity contribution in [3.63, 3.8) is 0 Å². The number of rotatable bonds is 6. The van der Waals surface area contributed by atoms with Crippen LogP contribution in [0.15, 0.2) is 36.5 Å². The van der Waals surface area contributed by atoms with E-state index >= 15 is 0 Å². The maximum Gasteiger partial charge on any atom is 0.408 e. The van der Waals surface area contributed by atoms with Crippen molar-refractivity contribution in [3.8, 4) is 11.8 Å². The minimum Gasteiger partial charge on any atom is -0.487 e. The maximum absolute atomic E-state index is 14.1. The number of ether oxygens (including phenoxy) is 1. The highest BCUT2D eigenvalue weighted by Crippen LogP contribution is 2.37. The minimum atomic E-state index is -4.50. The van der Waals surface area contributed by atoms with Gasteiger partial charge in [-0.05, 0) is 18.2 Å². The van der Waals surface area contributed by atoms with Crippen LogP contribution in [0.5, 0.6) is 5.75 Å². The summed E-state index contributed by atoms with van der Waals surface area (Å²) in [5, 5.41) is 21.2. The highest BCUT2D eigenvalue weighted by atomic mass is 19.4. The zero-order chi connectivity index (χ0) is 18.7. The van der Waals surface area contributed by atoms with E-state index in [-0.39, 0.29) is 11.4 Å². The van der Waals surface area contributed by atoms with Crippen LogP contribution >= 0.6 is 0 Å². The van der Waals surface area contributed by atoms with Crippen LogP contribution in [0.4, 0.5) is 22.0 Å². The number of nitrogens with zero attached hydrogens (tertiary/aromatic N) is 3. The second-order valence-electron chi connectivity index (χ2n) is 5.03. The summed E-state index contributed by atoms with van der Waals surface area (Å²) < 4.78 is 71.3. The minimum absolute atomic E-state index is 0.0243. The zero-order valence-corrected chi connectivity index (χ0v) is 12.5. The molecule has 5 nitrogen and oxygen atoms in total. The predicted octanol–water partition coefficient (Wildman–Crippen LogP) is 3.00. The molecule has 2 aromatic rings. The van der Waals surface area contributed by atoms with Crippen molar-refractivity contribution >= 4 is 0 Å². The number of nitriles is 1. The largest absolute Gasteiger partial charge is 0.487 e. The highest BCUT2D eigenvalue weighted by Gasteiger charge is 2.43. The molecule has 0 fully saturated rings. The second-order valence-corrected chi connectivity index (χ2v) is 5.03. The van der Waals surface area contributed by atoms with Crippen LogP contribution in [0.25, 0.3) is 0 Å². The van der Waals surface area contributed by atoms with E-state index in [1.807, 2.05) is 0 Å².